The normalized spacial score (nSPS) is 17.1. The molecule has 29 heavy (non-hydrogen) atoms. The van der Waals surface area contributed by atoms with Crippen LogP contribution in [-0.2, 0) is 10.0 Å². The van der Waals surface area contributed by atoms with Gasteiger partial charge in [0.1, 0.15) is 5.69 Å². The van der Waals surface area contributed by atoms with Crippen molar-refractivity contribution in [2.24, 2.45) is 0 Å². The van der Waals surface area contributed by atoms with Crippen molar-refractivity contribution >= 4 is 21.4 Å². The van der Waals surface area contributed by atoms with Crippen LogP contribution >= 0.6 is 0 Å². The summed E-state index contributed by atoms with van der Waals surface area (Å²) in [5.41, 5.74) is 2.14. The molecule has 1 N–H and O–H groups in total. The average Bonchev–Trinajstić information content (AvgIpc) is 2.68. The van der Waals surface area contributed by atoms with E-state index >= 15 is 0 Å². The first-order valence-electron chi connectivity index (χ1n) is 9.49. The molecule has 3 rings (SSSR count). The van der Waals surface area contributed by atoms with Crippen LogP contribution in [0.4, 0.5) is 11.4 Å². The minimum atomic E-state index is -3.77. The summed E-state index contributed by atoms with van der Waals surface area (Å²) in [6.45, 7) is 5.91. The van der Waals surface area contributed by atoms with Crippen LogP contribution in [-0.4, -0.2) is 55.8 Å². The number of hydrogen-bond acceptors (Lipinski definition) is 6. The Bertz CT molecular complexity index is 1000. The molecule has 0 unspecified atom stereocenters. The summed E-state index contributed by atoms with van der Waals surface area (Å²) in [6.07, 6.45) is 0. The van der Waals surface area contributed by atoms with Gasteiger partial charge >= 0.3 is 0 Å². The van der Waals surface area contributed by atoms with E-state index < -0.39 is 14.9 Å². The number of likely N-dealkylation sites (N-methyl/N-ethyl adjacent to an activating group) is 1. The molecule has 8 nitrogen and oxygen atoms in total. The molecule has 0 aromatic heterocycles. The Kier molecular flexibility index (Phi) is 6.21. The number of nitro groups is 1. The minimum absolute atomic E-state index is 0.0529. The van der Waals surface area contributed by atoms with Gasteiger partial charge in [-0.2, -0.15) is 4.31 Å². The van der Waals surface area contributed by atoms with Crippen LogP contribution in [0.5, 0.6) is 0 Å². The zero-order valence-corrected chi connectivity index (χ0v) is 17.6. The Labute approximate surface area is 171 Å². The number of benzene rings is 2. The van der Waals surface area contributed by atoms with Gasteiger partial charge in [-0.15, -0.1) is 0 Å². The van der Waals surface area contributed by atoms with E-state index in [1.807, 2.05) is 45.2 Å². The van der Waals surface area contributed by atoms with Crippen LogP contribution in [0.3, 0.4) is 0 Å². The van der Waals surface area contributed by atoms with Crippen molar-refractivity contribution in [2.45, 2.75) is 24.8 Å². The van der Waals surface area contributed by atoms with Crippen LogP contribution < -0.4 is 5.32 Å². The lowest BCUT2D eigenvalue weighted by Gasteiger charge is -2.31. The average molecular weight is 419 g/mol. The summed E-state index contributed by atoms with van der Waals surface area (Å²) in [5.74, 6) is 0. The Morgan fingerprint density at radius 3 is 2.38 bits per heavy atom. The van der Waals surface area contributed by atoms with Crippen LogP contribution in [0.2, 0.25) is 0 Å². The molecule has 9 heteroatoms. The van der Waals surface area contributed by atoms with Gasteiger partial charge in [-0.1, -0.05) is 24.3 Å². The molecule has 0 radical (unpaired) electrons. The van der Waals surface area contributed by atoms with E-state index in [4.69, 9.17) is 0 Å². The second kappa shape index (κ2) is 8.48. The van der Waals surface area contributed by atoms with Crippen molar-refractivity contribution in [3.63, 3.8) is 0 Å². The molecule has 1 saturated heterocycles. The van der Waals surface area contributed by atoms with Gasteiger partial charge in [0.25, 0.3) is 5.69 Å². The smallest absolute Gasteiger partial charge is 0.293 e. The first-order valence-corrected chi connectivity index (χ1v) is 10.9. The lowest BCUT2D eigenvalue weighted by atomic mass is 10.0. The molecular weight excluding hydrogens is 392 g/mol. The first-order chi connectivity index (χ1) is 13.7. The largest absolute Gasteiger partial charge is 0.373 e. The van der Waals surface area contributed by atoms with E-state index in [0.717, 1.165) is 17.2 Å². The summed E-state index contributed by atoms with van der Waals surface area (Å²) in [6, 6.07) is 11.7. The van der Waals surface area contributed by atoms with Crippen LogP contribution in [0.1, 0.15) is 24.1 Å². The van der Waals surface area contributed by atoms with Gasteiger partial charge in [-0.05, 0) is 44.2 Å². The molecule has 0 spiro atoms. The third-order valence-electron chi connectivity index (χ3n) is 5.29. The molecule has 156 valence electrons. The van der Waals surface area contributed by atoms with E-state index in [0.29, 0.717) is 31.9 Å². The zero-order chi connectivity index (χ0) is 21.2. The van der Waals surface area contributed by atoms with Crippen molar-refractivity contribution < 1.29 is 13.3 Å². The van der Waals surface area contributed by atoms with E-state index in [1.54, 1.807) is 0 Å². The molecule has 1 aliphatic rings. The summed E-state index contributed by atoms with van der Waals surface area (Å²) >= 11 is 0. The maximum Gasteiger partial charge on any atom is 0.293 e. The number of anilines is 1. The number of rotatable bonds is 6. The van der Waals surface area contributed by atoms with E-state index in [1.165, 1.54) is 16.4 Å². The summed E-state index contributed by atoms with van der Waals surface area (Å²) in [7, 11) is -1.84. The van der Waals surface area contributed by atoms with Gasteiger partial charge in [-0.3, -0.25) is 10.1 Å². The molecule has 2 aromatic carbocycles. The Hall–Kier alpha value is -2.49. The highest BCUT2D eigenvalue weighted by Crippen LogP contribution is 2.32. The van der Waals surface area contributed by atoms with Gasteiger partial charge in [0.2, 0.25) is 10.0 Å². The first kappa shape index (κ1) is 21.2. The lowest BCUT2D eigenvalue weighted by molar-refractivity contribution is -0.384. The Morgan fingerprint density at radius 1 is 1.10 bits per heavy atom. The van der Waals surface area contributed by atoms with Crippen molar-refractivity contribution in [3.05, 3.63) is 63.7 Å². The fourth-order valence-electron chi connectivity index (χ4n) is 3.51. The number of hydrogen-bond donors (Lipinski definition) is 1. The van der Waals surface area contributed by atoms with Crippen molar-refractivity contribution in [1.82, 2.24) is 9.21 Å². The number of nitrogens with one attached hydrogen (secondary N) is 1. The standard InChI is InChI=1S/C20H26N4O4S/c1-15-6-4-5-7-18(15)16(2)21-19-9-8-17(14-20(19)24(25)26)29(27,28)23-12-10-22(3)11-13-23/h4-9,14,16,21H,10-13H2,1-3H3/t16-/m0/s1. The number of aryl methyl sites for hydroxylation is 1. The molecule has 1 aliphatic heterocycles. The lowest BCUT2D eigenvalue weighted by Crippen LogP contribution is -2.47. The molecule has 1 atom stereocenters. The van der Waals surface area contributed by atoms with Crippen LogP contribution in [0.25, 0.3) is 0 Å². The summed E-state index contributed by atoms with van der Waals surface area (Å²) in [4.78, 5) is 13.1. The van der Waals surface area contributed by atoms with Crippen LogP contribution in [0.15, 0.2) is 47.4 Å². The van der Waals surface area contributed by atoms with Crippen LogP contribution in [0, 0.1) is 17.0 Å². The van der Waals surface area contributed by atoms with Gasteiger partial charge in [0.05, 0.1) is 9.82 Å². The maximum absolute atomic E-state index is 12.9. The Morgan fingerprint density at radius 2 is 1.76 bits per heavy atom. The number of sulfonamides is 1. The summed E-state index contributed by atoms with van der Waals surface area (Å²) < 4.78 is 27.2. The quantitative estimate of drug-likeness (QED) is 0.572. The van der Waals surface area contributed by atoms with Gasteiger partial charge in [0, 0.05) is 38.3 Å². The SMILES string of the molecule is Cc1ccccc1[C@H](C)Nc1ccc(S(=O)(=O)N2CCN(C)CC2)cc1[N+](=O)[O-]. The molecule has 2 aromatic rings. The highest BCUT2D eigenvalue weighted by molar-refractivity contribution is 7.89. The number of piperazine rings is 1. The third kappa shape index (κ3) is 4.58. The van der Waals surface area contributed by atoms with Gasteiger partial charge in [-0.25, -0.2) is 8.42 Å². The predicted molar refractivity (Wildman–Crippen MR) is 113 cm³/mol. The predicted octanol–water partition coefficient (Wildman–Crippen LogP) is 3.01. The van der Waals surface area contributed by atoms with E-state index in [-0.39, 0.29) is 16.6 Å². The topological polar surface area (TPSA) is 95.8 Å². The second-order valence-electron chi connectivity index (χ2n) is 7.37. The zero-order valence-electron chi connectivity index (χ0n) is 16.8. The Balaban J connectivity index is 1.89. The van der Waals surface area contributed by atoms with Gasteiger partial charge in [0.15, 0.2) is 0 Å². The number of nitrogens with zero attached hydrogens (tertiary/aromatic N) is 3. The summed E-state index contributed by atoms with van der Waals surface area (Å²) in [5, 5.41) is 14.8. The number of nitro benzene ring substituents is 1. The monoisotopic (exact) mass is 418 g/mol. The molecular formula is C20H26N4O4S. The fourth-order valence-corrected chi connectivity index (χ4v) is 4.95. The van der Waals surface area contributed by atoms with Gasteiger partial charge < -0.3 is 10.2 Å². The molecule has 0 bridgehead atoms. The minimum Gasteiger partial charge on any atom is -0.373 e. The molecule has 0 aliphatic carbocycles. The third-order valence-corrected chi connectivity index (χ3v) is 7.19. The van der Waals surface area contributed by atoms with Crippen molar-refractivity contribution in [2.75, 3.05) is 38.5 Å². The second-order valence-corrected chi connectivity index (χ2v) is 9.30. The molecule has 1 fully saturated rings. The molecule has 0 amide bonds. The van der Waals surface area contributed by atoms with Crippen molar-refractivity contribution in [1.29, 1.82) is 0 Å². The van der Waals surface area contributed by atoms with E-state index in [9.17, 15) is 18.5 Å². The highest BCUT2D eigenvalue weighted by Gasteiger charge is 2.30. The fraction of sp³-hybridized carbons (Fsp3) is 0.400. The maximum atomic E-state index is 12.9. The molecule has 0 saturated carbocycles. The molecule has 1 heterocycles. The highest BCUT2D eigenvalue weighted by atomic mass is 32.2. The van der Waals surface area contributed by atoms with Crippen molar-refractivity contribution in [3.8, 4) is 0 Å². The van der Waals surface area contributed by atoms with E-state index in [2.05, 4.69) is 10.2 Å².